The number of methoxy groups -OCH3 is 1. The van der Waals surface area contributed by atoms with Crippen molar-refractivity contribution < 1.29 is 23.5 Å². The van der Waals surface area contributed by atoms with E-state index >= 15 is 0 Å². The lowest BCUT2D eigenvalue weighted by Crippen LogP contribution is -2.01. The van der Waals surface area contributed by atoms with Crippen molar-refractivity contribution in [2.45, 2.75) is 39.8 Å². The Morgan fingerprint density at radius 1 is 1.19 bits per heavy atom. The summed E-state index contributed by atoms with van der Waals surface area (Å²) in [5, 5.41) is 10.2. The van der Waals surface area contributed by atoms with Gasteiger partial charge in [0, 0.05) is 5.56 Å². The third kappa shape index (κ3) is 4.73. The van der Waals surface area contributed by atoms with Gasteiger partial charge in [-0.1, -0.05) is 13.8 Å². The third-order valence-corrected chi connectivity index (χ3v) is 5.06. The minimum atomic E-state index is -3.20. The second-order valence-corrected chi connectivity index (χ2v) is 7.04. The Bertz CT molecular complexity index is 503. The van der Waals surface area contributed by atoms with E-state index in [4.69, 9.17) is 13.8 Å². The molecule has 0 bridgehead atoms. The van der Waals surface area contributed by atoms with Crippen molar-refractivity contribution in [1.82, 2.24) is 0 Å². The summed E-state index contributed by atoms with van der Waals surface area (Å²) in [6.07, 6.45) is 0.108. The van der Waals surface area contributed by atoms with E-state index in [9.17, 15) is 9.67 Å². The van der Waals surface area contributed by atoms with Crippen LogP contribution in [0.5, 0.6) is 11.5 Å². The molecule has 1 aromatic carbocycles. The molecule has 0 saturated heterocycles. The summed E-state index contributed by atoms with van der Waals surface area (Å²) in [7, 11) is -1.65. The van der Waals surface area contributed by atoms with Crippen LogP contribution in [0.2, 0.25) is 0 Å². The molecule has 6 heteroatoms. The van der Waals surface area contributed by atoms with Gasteiger partial charge in [0.15, 0.2) is 0 Å². The number of phenols is 1. The predicted octanol–water partition coefficient (Wildman–Crippen LogP) is 4.29. The first-order chi connectivity index (χ1) is 9.86. The molecule has 1 aromatic rings. The lowest BCUT2D eigenvalue weighted by atomic mass is 9.99. The highest BCUT2D eigenvalue weighted by molar-refractivity contribution is 7.53. The summed E-state index contributed by atoms with van der Waals surface area (Å²) >= 11 is 0. The highest BCUT2D eigenvalue weighted by Gasteiger charge is 2.25. The SMILES string of the molecule is CCOP(=O)(Cc1cc(O)c(C(C)C)c(OC)c1)OCC. The second kappa shape index (κ2) is 7.83. The van der Waals surface area contributed by atoms with E-state index in [0.717, 1.165) is 5.56 Å². The second-order valence-electron chi connectivity index (χ2n) is 4.99. The fourth-order valence-electron chi connectivity index (χ4n) is 2.25. The monoisotopic (exact) mass is 316 g/mol. The molecule has 5 nitrogen and oxygen atoms in total. The van der Waals surface area contributed by atoms with Gasteiger partial charge in [-0.2, -0.15) is 0 Å². The Morgan fingerprint density at radius 2 is 1.76 bits per heavy atom. The van der Waals surface area contributed by atoms with Gasteiger partial charge in [0.25, 0.3) is 0 Å². The molecular weight excluding hydrogens is 291 g/mol. The van der Waals surface area contributed by atoms with Crippen molar-refractivity contribution in [2.75, 3.05) is 20.3 Å². The minimum absolute atomic E-state index is 0.108. The van der Waals surface area contributed by atoms with E-state index in [0.29, 0.717) is 24.5 Å². The van der Waals surface area contributed by atoms with Crippen LogP contribution in [0.4, 0.5) is 0 Å². The standard InChI is InChI=1S/C15H25O5P/c1-6-19-21(17,20-7-2)10-12-8-13(16)15(11(3)4)14(9-12)18-5/h8-9,11,16H,6-7,10H2,1-5H3. The molecule has 0 heterocycles. The van der Waals surface area contributed by atoms with Gasteiger partial charge in [-0.3, -0.25) is 4.57 Å². The zero-order valence-electron chi connectivity index (χ0n) is 13.4. The van der Waals surface area contributed by atoms with Crippen LogP contribution in [0, 0.1) is 0 Å². The van der Waals surface area contributed by atoms with E-state index in [1.54, 1.807) is 33.1 Å². The number of hydrogen-bond acceptors (Lipinski definition) is 5. The highest BCUT2D eigenvalue weighted by atomic mass is 31.2. The fourth-order valence-corrected chi connectivity index (χ4v) is 3.93. The van der Waals surface area contributed by atoms with Gasteiger partial charge in [0.1, 0.15) is 11.5 Å². The number of aromatic hydroxyl groups is 1. The van der Waals surface area contributed by atoms with Crippen molar-refractivity contribution in [3.63, 3.8) is 0 Å². The molecule has 0 unspecified atom stereocenters. The van der Waals surface area contributed by atoms with Crippen LogP contribution in [0.25, 0.3) is 0 Å². The van der Waals surface area contributed by atoms with Gasteiger partial charge in [-0.25, -0.2) is 0 Å². The highest BCUT2D eigenvalue weighted by Crippen LogP contribution is 2.52. The summed E-state index contributed by atoms with van der Waals surface area (Å²) < 4.78 is 28.4. The van der Waals surface area contributed by atoms with Gasteiger partial charge >= 0.3 is 7.60 Å². The first-order valence-corrected chi connectivity index (χ1v) is 8.87. The number of phenolic OH excluding ortho intramolecular Hbond substituents is 1. The maximum absolute atomic E-state index is 12.5. The van der Waals surface area contributed by atoms with Gasteiger partial charge < -0.3 is 18.9 Å². The molecule has 0 amide bonds. The lowest BCUT2D eigenvalue weighted by molar-refractivity contribution is 0.219. The predicted molar refractivity (Wildman–Crippen MR) is 83.3 cm³/mol. The smallest absolute Gasteiger partial charge is 0.335 e. The zero-order valence-corrected chi connectivity index (χ0v) is 14.3. The maximum Gasteiger partial charge on any atom is 0.335 e. The largest absolute Gasteiger partial charge is 0.508 e. The van der Waals surface area contributed by atoms with Crippen LogP contribution in [0.3, 0.4) is 0 Å². The first-order valence-electron chi connectivity index (χ1n) is 7.14. The fraction of sp³-hybridized carbons (Fsp3) is 0.600. The summed E-state index contributed by atoms with van der Waals surface area (Å²) in [6, 6.07) is 3.38. The topological polar surface area (TPSA) is 65.0 Å². The Balaban J connectivity index is 3.14. The number of hydrogen-bond donors (Lipinski definition) is 1. The maximum atomic E-state index is 12.5. The van der Waals surface area contributed by atoms with Crippen LogP contribution < -0.4 is 4.74 Å². The van der Waals surface area contributed by atoms with Gasteiger partial charge in [-0.05, 0) is 37.5 Å². The van der Waals surface area contributed by atoms with Crippen molar-refractivity contribution >= 4 is 7.60 Å². The minimum Gasteiger partial charge on any atom is -0.508 e. The average Bonchev–Trinajstić information content (AvgIpc) is 2.37. The number of rotatable bonds is 8. The molecule has 0 aliphatic carbocycles. The van der Waals surface area contributed by atoms with Gasteiger partial charge in [-0.15, -0.1) is 0 Å². The molecule has 1 rings (SSSR count). The first kappa shape index (κ1) is 18.0. The quantitative estimate of drug-likeness (QED) is 0.725. The summed E-state index contributed by atoms with van der Waals surface area (Å²) in [5.74, 6) is 0.845. The lowest BCUT2D eigenvalue weighted by Gasteiger charge is -2.19. The van der Waals surface area contributed by atoms with Crippen molar-refractivity contribution in [3.05, 3.63) is 23.3 Å². The molecule has 0 fully saturated rings. The molecule has 0 aliphatic rings. The van der Waals surface area contributed by atoms with E-state index in [-0.39, 0.29) is 17.8 Å². The molecule has 0 atom stereocenters. The van der Waals surface area contributed by atoms with Gasteiger partial charge in [0.05, 0.1) is 26.5 Å². The van der Waals surface area contributed by atoms with Gasteiger partial charge in [0.2, 0.25) is 0 Å². The van der Waals surface area contributed by atoms with E-state index in [2.05, 4.69) is 0 Å². The zero-order chi connectivity index (χ0) is 16.0. The Hall–Kier alpha value is -1.03. The average molecular weight is 316 g/mol. The van der Waals surface area contributed by atoms with E-state index in [1.807, 2.05) is 13.8 Å². The van der Waals surface area contributed by atoms with Crippen LogP contribution in [-0.4, -0.2) is 25.4 Å². The van der Waals surface area contributed by atoms with Crippen LogP contribution in [0.15, 0.2) is 12.1 Å². The molecule has 0 saturated carbocycles. The Labute approximate surface area is 126 Å². The molecular formula is C15H25O5P. The van der Waals surface area contributed by atoms with Crippen LogP contribution in [0.1, 0.15) is 44.7 Å². The summed E-state index contributed by atoms with van der Waals surface area (Å²) in [5.41, 5.74) is 1.41. The molecule has 0 aromatic heterocycles. The molecule has 0 aliphatic heterocycles. The summed E-state index contributed by atoms with van der Waals surface area (Å²) in [4.78, 5) is 0. The van der Waals surface area contributed by atoms with Crippen LogP contribution in [-0.2, 0) is 19.8 Å². The Kier molecular flexibility index (Phi) is 6.72. The van der Waals surface area contributed by atoms with E-state index in [1.165, 1.54) is 0 Å². The number of benzene rings is 1. The van der Waals surface area contributed by atoms with Crippen molar-refractivity contribution in [1.29, 1.82) is 0 Å². The molecule has 21 heavy (non-hydrogen) atoms. The normalized spacial score (nSPS) is 11.9. The van der Waals surface area contributed by atoms with E-state index < -0.39 is 7.60 Å². The molecule has 120 valence electrons. The third-order valence-electron chi connectivity index (χ3n) is 3.01. The van der Waals surface area contributed by atoms with Crippen LogP contribution >= 0.6 is 7.60 Å². The summed E-state index contributed by atoms with van der Waals surface area (Å²) in [6.45, 7) is 8.11. The number of ether oxygens (including phenoxy) is 1. The van der Waals surface area contributed by atoms with Crippen molar-refractivity contribution in [3.8, 4) is 11.5 Å². The molecule has 0 radical (unpaired) electrons. The molecule has 0 spiro atoms. The Morgan fingerprint density at radius 3 is 2.19 bits per heavy atom. The molecule has 1 N–H and O–H groups in total. The van der Waals surface area contributed by atoms with Crippen molar-refractivity contribution in [2.24, 2.45) is 0 Å².